The van der Waals surface area contributed by atoms with Gasteiger partial charge in [-0.1, -0.05) is 18.6 Å². The summed E-state index contributed by atoms with van der Waals surface area (Å²) in [6.45, 7) is 7.71. The normalized spacial score (nSPS) is 10.1. The summed E-state index contributed by atoms with van der Waals surface area (Å²) in [6, 6.07) is 5.97. The van der Waals surface area contributed by atoms with Gasteiger partial charge in [0.2, 0.25) is 0 Å². The SMILES string of the molecule is CCCNc1ccc(C)cc1C(=O)N(C)CC. The van der Waals surface area contributed by atoms with Crippen molar-refractivity contribution in [3.63, 3.8) is 0 Å². The highest BCUT2D eigenvalue weighted by atomic mass is 16.2. The summed E-state index contributed by atoms with van der Waals surface area (Å²) in [5.41, 5.74) is 2.81. The number of nitrogens with zero attached hydrogens (tertiary/aromatic N) is 1. The molecule has 0 heterocycles. The Morgan fingerprint density at radius 3 is 2.65 bits per heavy atom. The molecule has 0 bridgehead atoms. The smallest absolute Gasteiger partial charge is 0.255 e. The fourth-order valence-corrected chi connectivity index (χ4v) is 1.60. The van der Waals surface area contributed by atoms with Gasteiger partial charge in [0.15, 0.2) is 0 Å². The fourth-order valence-electron chi connectivity index (χ4n) is 1.60. The van der Waals surface area contributed by atoms with Crippen molar-refractivity contribution in [1.82, 2.24) is 4.90 Å². The highest BCUT2D eigenvalue weighted by Crippen LogP contribution is 2.19. The first-order valence-electron chi connectivity index (χ1n) is 6.20. The van der Waals surface area contributed by atoms with Crippen molar-refractivity contribution in [2.75, 3.05) is 25.5 Å². The van der Waals surface area contributed by atoms with Gasteiger partial charge in [0.1, 0.15) is 0 Å². The van der Waals surface area contributed by atoms with E-state index in [1.165, 1.54) is 0 Å². The van der Waals surface area contributed by atoms with Gasteiger partial charge < -0.3 is 10.2 Å². The van der Waals surface area contributed by atoms with Gasteiger partial charge in [0.05, 0.1) is 5.56 Å². The molecule has 0 aliphatic heterocycles. The molecule has 0 radical (unpaired) electrons. The third kappa shape index (κ3) is 3.48. The molecule has 3 nitrogen and oxygen atoms in total. The van der Waals surface area contributed by atoms with Gasteiger partial charge in [-0.3, -0.25) is 4.79 Å². The first kappa shape index (κ1) is 13.6. The van der Waals surface area contributed by atoms with E-state index in [2.05, 4.69) is 12.2 Å². The van der Waals surface area contributed by atoms with Gasteiger partial charge in [-0.2, -0.15) is 0 Å². The van der Waals surface area contributed by atoms with Crippen molar-refractivity contribution < 1.29 is 4.79 Å². The van der Waals surface area contributed by atoms with E-state index >= 15 is 0 Å². The van der Waals surface area contributed by atoms with Crippen molar-refractivity contribution in [3.8, 4) is 0 Å². The van der Waals surface area contributed by atoms with Crippen LogP contribution >= 0.6 is 0 Å². The van der Waals surface area contributed by atoms with Crippen LogP contribution in [0.4, 0.5) is 5.69 Å². The summed E-state index contributed by atoms with van der Waals surface area (Å²) in [5, 5.41) is 3.30. The molecule has 1 rings (SSSR count). The van der Waals surface area contributed by atoms with Crippen LogP contribution in [0.3, 0.4) is 0 Å². The Bertz CT molecular complexity index is 388. The number of anilines is 1. The molecule has 1 amide bonds. The molecule has 0 aromatic heterocycles. The number of benzene rings is 1. The number of carbonyl (C=O) groups excluding carboxylic acids is 1. The Morgan fingerprint density at radius 1 is 1.35 bits per heavy atom. The minimum absolute atomic E-state index is 0.0785. The fraction of sp³-hybridized carbons (Fsp3) is 0.500. The second-order valence-electron chi connectivity index (χ2n) is 4.30. The number of nitrogens with one attached hydrogen (secondary N) is 1. The van der Waals surface area contributed by atoms with Crippen LogP contribution in [0.1, 0.15) is 36.2 Å². The molecular formula is C14H22N2O. The van der Waals surface area contributed by atoms with Crippen LogP contribution in [0.15, 0.2) is 18.2 Å². The summed E-state index contributed by atoms with van der Waals surface area (Å²) in [6.07, 6.45) is 1.05. The van der Waals surface area contributed by atoms with Gasteiger partial charge in [-0.25, -0.2) is 0 Å². The Kier molecular flexibility index (Phi) is 5.01. The molecule has 17 heavy (non-hydrogen) atoms. The first-order chi connectivity index (χ1) is 8.10. The Morgan fingerprint density at radius 2 is 2.06 bits per heavy atom. The molecule has 0 fully saturated rings. The molecule has 3 heteroatoms. The second-order valence-corrected chi connectivity index (χ2v) is 4.30. The maximum atomic E-state index is 12.2. The van der Waals surface area contributed by atoms with E-state index < -0.39 is 0 Å². The van der Waals surface area contributed by atoms with E-state index in [1.54, 1.807) is 4.90 Å². The van der Waals surface area contributed by atoms with Crippen molar-refractivity contribution in [3.05, 3.63) is 29.3 Å². The highest BCUT2D eigenvalue weighted by Gasteiger charge is 2.14. The number of rotatable bonds is 5. The quantitative estimate of drug-likeness (QED) is 0.849. The molecule has 0 saturated carbocycles. The third-order valence-electron chi connectivity index (χ3n) is 2.79. The summed E-state index contributed by atoms with van der Waals surface area (Å²) in [4.78, 5) is 13.9. The zero-order valence-corrected chi connectivity index (χ0v) is 11.2. The minimum Gasteiger partial charge on any atom is -0.384 e. The first-order valence-corrected chi connectivity index (χ1v) is 6.20. The number of hydrogen-bond donors (Lipinski definition) is 1. The third-order valence-corrected chi connectivity index (χ3v) is 2.79. The van der Waals surface area contributed by atoms with Gasteiger partial charge in [-0.15, -0.1) is 0 Å². The number of carbonyl (C=O) groups is 1. The molecular weight excluding hydrogens is 212 g/mol. The molecule has 0 aliphatic carbocycles. The summed E-state index contributed by atoms with van der Waals surface area (Å²) in [7, 11) is 1.83. The molecule has 1 N–H and O–H groups in total. The lowest BCUT2D eigenvalue weighted by atomic mass is 10.1. The molecule has 0 saturated heterocycles. The maximum Gasteiger partial charge on any atom is 0.255 e. The van der Waals surface area contributed by atoms with E-state index in [4.69, 9.17) is 0 Å². The van der Waals surface area contributed by atoms with Crippen LogP contribution in [0.25, 0.3) is 0 Å². The maximum absolute atomic E-state index is 12.2. The van der Waals surface area contributed by atoms with Crippen molar-refractivity contribution in [2.24, 2.45) is 0 Å². The lowest BCUT2D eigenvalue weighted by Gasteiger charge is -2.18. The molecule has 0 spiro atoms. The van der Waals surface area contributed by atoms with E-state index in [0.717, 1.165) is 36.3 Å². The van der Waals surface area contributed by atoms with E-state index in [1.807, 2.05) is 39.1 Å². The highest BCUT2D eigenvalue weighted by molar-refractivity contribution is 5.99. The average Bonchev–Trinajstić information content (AvgIpc) is 2.35. The molecule has 0 unspecified atom stereocenters. The van der Waals surface area contributed by atoms with Crippen LogP contribution < -0.4 is 5.32 Å². The molecule has 0 atom stereocenters. The van der Waals surface area contributed by atoms with E-state index in [0.29, 0.717) is 0 Å². The van der Waals surface area contributed by atoms with E-state index in [9.17, 15) is 4.79 Å². The summed E-state index contributed by atoms with van der Waals surface area (Å²) >= 11 is 0. The van der Waals surface area contributed by atoms with Crippen molar-refractivity contribution in [2.45, 2.75) is 27.2 Å². The Labute approximate surface area is 104 Å². The topological polar surface area (TPSA) is 32.3 Å². The van der Waals surface area contributed by atoms with E-state index in [-0.39, 0.29) is 5.91 Å². The molecule has 0 aliphatic rings. The average molecular weight is 234 g/mol. The minimum atomic E-state index is 0.0785. The predicted octanol–water partition coefficient (Wildman–Crippen LogP) is 2.91. The Hall–Kier alpha value is -1.51. The largest absolute Gasteiger partial charge is 0.384 e. The molecule has 1 aromatic rings. The zero-order chi connectivity index (χ0) is 12.8. The second kappa shape index (κ2) is 6.28. The molecule has 1 aromatic carbocycles. The van der Waals surface area contributed by atoms with Gasteiger partial charge in [0, 0.05) is 25.8 Å². The van der Waals surface area contributed by atoms with Crippen LogP contribution in [0.2, 0.25) is 0 Å². The lowest BCUT2D eigenvalue weighted by Crippen LogP contribution is -2.27. The van der Waals surface area contributed by atoms with Crippen LogP contribution in [-0.4, -0.2) is 30.9 Å². The predicted molar refractivity (Wildman–Crippen MR) is 72.6 cm³/mol. The number of aryl methyl sites for hydroxylation is 1. The number of amides is 1. The van der Waals surface area contributed by atoms with Gasteiger partial charge in [-0.05, 0) is 32.4 Å². The Balaban J connectivity index is 3.01. The van der Waals surface area contributed by atoms with Crippen molar-refractivity contribution >= 4 is 11.6 Å². The zero-order valence-electron chi connectivity index (χ0n) is 11.2. The van der Waals surface area contributed by atoms with Crippen molar-refractivity contribution in [1.29, 1.82) is 0 Å². The lowest BCUT2D eigenvalue weighted by molar-refractivity contribution is 0.0803. The van der Waals surface area contributed by atoms with Crippen LogP contribution in [0, 0.1) is 6.92 Å². The standard InChI is InChI=1S/C14H22N2O/c1-5-9-15-13-8-7-11(3)10-12(13)14(17)16(4)6-2/h7-8,10,15H,5-6,9H2,1-4H3. The van der Waals surface area contributed by atoms with Gasteiger partial charge in [0.25, 0.3) is 5.91 Å². The monoisotopic (exact) mass is 234 g/mol. The summed E-state index contributed by atoms with van der Waals surface area (Å²) in [5.74, 6) is 0.0785. The van der Waals surface area contributed by atoms with Crippen LogP contribution in [-0.2, 0) is 0 Å². The molecule has 94 valence electrons. The van der Waals surface area contributed by atoms with Crippen LogP contribution in [0.5, 0.6) is 0 Å². The van der Waals surface area contributed by atoms with Gasteiger partial charge >= 0.3 is 0 Å². The number of hydrogen-bond acceptors (Lipinski definition) is 2. The summed E-state index contributed by atoms with van der Waals surface area (Å²) < 4.78 is 0.